The Balaban J connectivity index is 1.88. The van der Waals surface area contributed by atoms with Gasteiger partial charge in [-0.1, -0.05) is 51.5 Å². The van der Waals surface area contributed by atoms with Crippen LogP contribution in [0.3, 0.4) is 0 Å². The molecule has 2 aromatic carbocycles. The third-order valence-electron chi connectivity index (χ3n) is 5.46. The second-order valence-corrected chi connectivity index (χ2v) is 8.22. The van der Waals surface area contributed by atoms with E-state index in [-0.39, 0.29) is 5.91 Å². The number of rotatable bonds is 6. The van der Waals surface area contributed by atoms with Crippen LogP contribution in [0.5, 0.6) is 5.75 Å². The molecule has 0 aliphatic heterocycles. The molecule has 0 bridgehead atoms. The Kier molecular flexibility index (Phi) is 6.05. The van der Waals surface area contributed by atoms with Crippen molar-refractivity contribution in [1.29, 1.82) is 0 Å². The summed E-state index contributed by atoms with van der Waals surface area (Å²) in [5.41, 5.74) is 0.0770. The lowest BCUT2D eigenvalue weighted by atomic mass is 9.78. The monoisotopic (exact) mass is 369 g/mol. The molecule has 3 rings (SSSR count). The minimum absolute atomic E-state index is 0.0439. The maximum absolute atomic E-state index is 13.1. The van der Waals surface area contributed by atoms with Gasteiger partial charge in [-0.15, -0.1) is 0 Å². The number of fused-ring (bicyclic) bond motifs is 1. The maximum Gasteiger partial charge on any atom is 0.256 e. The van der Waals surface area contributed by atoms with Gasteiger partial charge < -0.3 is 14.8 Å². The first-order chi connectivity index (χ1) is 12.9. The number of hydrogen-bond acceptors (Lipinski definition) is 3. The van der Waals surface area contributed by atoms with E-state index in [1.807, 2.05) is 36.4 Å². The fourth-order valence-electron chi connectivity index (χ4n) is 3.99. The topological polar surface area (TPSA) is 47.6 Å². The standard InChI is InChI=1S/C23H31NO3/c1-16(2)15-27-21-12-11-20(18-9-5-6-10-19(18)21)24-22(25)23(26-4)13-7-8-17(3)14-23/h5-6,9-12,16-17H,7-8,13-15H2,1-4H3,(H,24,25)/t17-,23+/m0/s1. The molecule has 1 amide bonds. The zero-order valence-corrected chi connectivity index (χ0v) is 16.9. The van der Waals surface area contributed by atoms with Crippen molar-refractivity contribution in [1.82, 2.24) is 0 Å². The van der Waals surface area contributed by atoms with Crippen molar-refractivity contribution in [3.05, 3.63) is 36.4 Å². The molecule has 2 atom stereocenters. The molecule has 0 spiro atoms. The number of hydrogen-bond donors (Lipinski definition) is 1. The summed E-state index contributed by atoms with van der Waals surface area (Å²) in [4.78, 5) is 13.1. The summed E-state index contributed by atoms with van der Waals surface area (Å²) < 4.78 is 11.7. The highest BCUT2D eigenvalue weighted by atomic mass is 16.5. The van der Waals surface area contributed by atoms with Gasteiger partial charge in [0.15, 0.2) is 0 Å². The molecule has 0 radical (unpaired) electrons. The van der Waals surface area contributed by atoms with Gasteiger partial charge in [0, 0.05) is 23.6 Å². The van der Waals surface area contributed by atoms with Crippen molar-refractivity contribution >= 4 is 22.4 Å². The minimum atomic E-state index is -0.731. The first-order valence-corrected chi connectivity index (χ1v) is 9.96. The molecular formula is C23H31NO3. The van der Waals surface area contributed by atoms with E-state index in [9.17, 15) is 4.79 Å². The normalized spacial score (nSPS) is 22.8. The third kappa shape index (κ3) is 4.27. The summed E-state index contributed by atoms with van der Waals surface area (Å²) in [6.07, 6.45) is 3.71. The van der Waals surface area contributed by atoms with Gasteiger partial charge in [-0.2, -0.15) is 0 Å². The van der Waals surface area contributed by atoms with E-state index in [1.165, 1.54) is 0 Å². The first-order valence-electron chi connectivity index (χ1n) is 9.96. The van der Waals surface area contributed by atoms with Gasteiger partial charge in [0.2, 0.25) is 0 Å². The lowest BCUT2D eigenvalue weighted by molar-refractivity contribution is -0.143. The van der Waals surface area contributed by atoms with Crippen molar-refractivity contribution in [3.63, 3.8) is 0 Å². The average Bonchev–Trinajstić information content (AvgIpc) is 2.67. The average molecular weight is 370 g/mol. The van der Waals surface area contributed by atoms with Gasteiger partial charge in [0.05, 0.1) is 6.61 Å². The smallest absolute Gasteiger partial charge is 0.256 e. The summed E-state index contributed by atoms with van der Waals surface area (Å²) in [5, 5.41) is 5.14. The van der Waals surface area contributed by atoms with Gasteiger partial charge in [-0.25, -0.2) is 0 Å². The minimum Gasteiger partial charge on any atom is -0.493 e. The Labute approximate surface area is 162 Å². The number of anilines is 1. The molecule has 2 aromatic rings. The van der Waals surface area contributed by atoms with Gasteiger partial charge in [0.25, 0.3) is 5.91 Å². The Morgan fingerprint density at radius 3 is 2.63 bits per heavy atom. The molecule has 1 aliphatic carbocycles. The van der Waals surface area contributed by atoms with Crippen LogP contribution in [-0.4, -0.2) is 25.2 Å². The van der Waals surface area contributed by atoms with E-state index < -0.39 is 5.60 Å². The number of benzene rings is 2. The van der Waals surface area contributed by atoms with Crippen LogP contribution in [0.15, 0.2) is 36.4 Å². The number of carbonyl (C=O) groups excluding carboxylic acids is 1. The highest BCUT2D eigenvalue weighted by Crippen LogP contribution is 2.37. The van der Waals surface area contributed by atoms with Crippen molar-refractivity contribution in [2.75, 3.05) is 19.0 Å². The molecule has 4 heteroatoms. The van der Waals surface area contributed by atoms with Crippen molar-refractivity contribution in [2.24, 2.45) is 11.8 Å². The molecule has 0 heterocycles. The van der Waals surface area contributed by atoms with Crippen LogP contribution in [0, 0.1) is 11.8 Å². The van der Waals surface area contributed by atoms with Crippen LogP contribution in [0.1, 0.15) is 46.5 Å². The van der Waals surface area contributed by atoms with E-state index >= 15 is 0 Å². The summed E-state index contributed by atoms with van der Waals surface area (Å²) >= 11 is 0. The predicted octanol–water partition coefficient (Wildman–Crippen LogP) is 5.41. The molecule has 4 nitrogen and oxygen atoms in total. The van der Waals surface area contributed by atoms with Crippen LogP contribution in [-0.2, 0) is 9.53 Å². The summed E-state index contributed by atoms with van der Waals surface area (Å²) in [6, 6.07) is 11.9. The third-order valence-corrected chi connectivity index (χ3v) is 5.46. The predicted molar refractivity (Wildman–Crippen MR) is 110 cm³/mol. The second-order valence-electron chi connectivity index (χ2n) is 8.22. The molecule has 1 aliphatic rings. The second kappa shape index (κ2) is 8.30. The number of amides is 1. The molecule has 0 unspecified atom stereocenters. The van der Waals surface area contributed by atoms with Crippen LogP contribution in [0.2, 0.25) is 0 Å². The van der Waals surface area contributed by atoms with E-state index in [1.54, 1.807) is 7.11 Å². The van der Waals surface area contributed by atoms with Crippen LogP contribution in [0.25, 0.3) is 10.8 Å². The van der Waals surface area contributed by atoms with Gasteiger partial charge >= 0.3 is 0 Å². The van der Waals surface area contributed by atoms with Gasteiger partial charge in [-0.3, -0.25) is 4.79 Å². The number of methoxy groups -OCH3 is 1. The van der Waals surface area contributed by atoms with E-state index in [4.69, 9.17) is 9.47 Å². The SMILES string of the molecule is CO[C@]1(C(=O)Nc2ccc(OCC(C)C)c3ccccc23)CCC[C@H](C)C1. The van der Waals surface area contributed by atoms with Crippen LogP contribution < -0.4 is 10.1 Å². The Hall–Kier alpha value is -2.07. The van der Waals surface area contributed by atoms with E-state index in [2.05, 4.69) is 26.1 Å². The van der Waals surface area contributed by atoms with Crippen molar-refractivity contribution < 1.29 is 14.3 Å². The highest BCUT2D eigenvalue weighted by molar-refractivity contribution is 6.06. The number of ether oxygens (including phenoxy) is 2. The first kappa shape index (κ1) is 19.7. The van der Waals surface area contributed by atoms with E-state index in [0.29, 0.717) is 18.4 Å². The molecule has 1 N–H and O–H groups in total. The zero-order chi connectivity index (χ0) is 19.4. The Morgan fingerprint density at radius 2 is 1.96 bits per heavy atom. The van der Waals surface area contributed by atoms with Crippen LogP contribution >= 0.6 is 0 Å². The van der Waals surface area contributed by atoms with Gasteiger partial charge in [0.1, 0.15) is 11.4 Å². The van der Waals surface area contributed by atoms with Gasteiger partial charge in [-0.05, 0) is 43.2 Å². The quantitative estimate of drug-likeness (QED) is 0.741. The fraction of sp³-hybridized carbons (Fsp3) is 0.522. The molecule has 146 valence electrons. The Morgan fingerprint density at radius 1 is 1.22 bits per heavy atom. The summed E-state index contributed by atoms with van der Waals surface area (Å²) in [7, 11) is 1.65. The fourth-order valence-corrected chi connectivity index (χ4v) is 3.99. The maximum atomic E-state index is 13.1. The largest absolute Gasteiger partial charge is 0.493 e. The Bertz CT molecular complexity index is 801. The van der Waals surface area contributed by atoms with Crippen LogP contribution in [0.4, 0.5) is 5.69 Å². The molecule has 0 saturated heterocycles. The van der Waals surface area contributed by atoms with Crippen molar-refractivity contribution in [3.8, 4) is 5.75 Å². The molecule has 27 heavy (non-hydrogen) atoms. The lowest BCUT2D eigenvalue weighted by Gasteiger charge is -2.37. The molecular weight excluding hydrogens is 338 g/mol. The van der Waals surface area contributed by atoms with Crippen molar-refractivity contribution in [2.45, 2.75) is 52.1 Å². The molecule has 1 saturated carbocycles. The summed E-state index contributed by atoms with van der Waals surface area (Å²) in [5.74, 6) is 1.76. The molecule has 1 fully saturated rings. The lowest BCUT2D eigenvalue weighted by Crippen LogP contribution is -2.47. The molecule has 0 aromatic heterocycles. The van der Waals surface area contributed by atoms with E-state index in [0.717, 1.165) is 47.9 Å². The zero-order valence-electron chi connectivity index (χ0n) is 16.9. The highest BCUT2D eigenvalue weighted by Gasteiger charge is 2.42. The number of carbonyl (C=O) groups is 1. The summed E-state index contributed by atoms with van der Waals surface area (Å²) in [6.45, 7) is 7.12. The number of nitrogens with one attached hydrogen (secondary N) is 1.